The fourth-order valence-electron chi connectivity index (χ4n) is 1.53. The molecule has 0 saturated heterocycles. The van der Waals surface area contributed by atoms with Gasteiger partial charge in [-0.1, -0.05) is 34.1 Å². The van der Waals surface area contributed by atoms with Gasteiger partial charge in [-0.2, -0.15) is 0 Å². The lowest BCUT2D eigenvalue weighted by Gasteiger charge is -2.04. The summed E-state index contributed by atoms with van der Waals surface area (Å²) >= 11 is 3.48. The maximum atomic E-state index is 11.6. The monoisotopic (exact) mass is 279 g/mol. The summed E-state index contributed by atoms with van der Waals surface area (Å²) in [5.74, 6) is 0.00996. The van der Waals surface area contributed by atoms with Crippen molar-refractivity contribution in [3.63, 3.8) is 0 Å². The van der Waals surface area contributed by atoms with Gasteiger partial charge in [-0.25, -0.2) is 0 Å². The first-order valence-corrected chi connectivity index (χ1v) is 6.20. The largest absolute Gasteiger partial charge is 0.350 e. The molecule has 3 heteroatoms. The van der Waals surface area contributed by atoms with Gasteiger partial charge < -0.3 is 5.32 Å². The zero-order valence-electron chi connectivity index (χ0n) is 9.16. The molecule has 1 N–H and O–H groups in total. The van der Waals surface area contributed by atoms with Crippen molar-refractivity contribution in [2.75, 3.05) is 0 Å². The summed E-state index contributed by atoms with van der Waals surface area (Å²) in [5, 5.41) is 2.94. The number of nitrogens with one attached hydrogen (secondary N) is 1. The smallest absolute Gasteiger partial charge is 0.244 e. The summed E-state index contributed by atoms with van der Waals surface area (Å²) in [5.41, 5.74) is 2.04. The number of amides is 1. The number of halogens is 1. The molecule has 0 spiro atoms. The zero-order chi connectivity index (χ0) is 11.5. The van der Waals surface area contributed by atoms with Crippen LogP contribution in [0.4, 0.5) is 0 Å². The van der Waals surface area contributed by atoms with E-state index >= 15 is 0 Å². The van der Waals surface area contributed by atoms with E-state index in [1.807, 2.05) is 31.2 Å². The molecule has 84 valence electrons. The molecule has 0 heterocycles. The molecule has 1 aromatic rings. The first-order valence-electron chi connectivity index (χ1n) is 5.40. The molecule has 0 aromatic heterocycles. The normalized spacial score (nSPS) is 16.0. The van der Waals surface area contributed by atoms with Crippen LogP contribution in [0.1, 0.15) is 25.3 Å². The molecule has 2 rings (SSSR count). The first kappa shape index (κ1) is 11.4. The van der Waals surface area contributed by atoms with E-state index < -0.39 is 0 Å². The third-order valence-electron chi connectivity index (χ3n) is 2.57. The van der Waals surface area contributed by atoms with E-state index in [1.54, 1.807) is 6.08 Å². The average molecular weight is 280 g/mol. The first-order chi connectivity index (χ1) is 7.66. The van der Waals surface area contributed by atoms with Crippen molar-refractivity contribution in [2.45, 2.75) is 25.8 Å². The van der Waals surface area contributed by atoms with Gasteiger partial charge in [-0.3, -0.25) is 4.79 Å². The maximum absolute atomic E-state index is 11.6. The van der Waals surface area contributed by atoms with E-state index in [4.69, 9.17) is 0 Å². The summed E-state index contributed by atoms with van der Waals surface area (Å²) < 4.78 is 1.02. The number of rotatable bonds is 3. The predicted octanol–water partition coefficient (Wildman–Crippen LogP) is 3.13. The second kappa shape index (κ2) is 4.83. The highest BCUT2D eigenvalue weighted by molar-refractivity contribution is 9.10. The third-order valence-corrected chi connectivity index (χ3v) is 3.26. The van der Waals surface area contributed by atoms with Crippen molar-refractivity contribution in [1.82, 2.24) is 5.32 Å². The Kier molecular flexibility index (Phi) is 3.44. The van der Waals surface area contributed by atoms with Gasteiger partial charge >= 0.3 is 0 Å². The van der Waals surface area contributed by atoms with E-state index in [-0.39, 0.29) is 5.91 Å². The predicted molar refractivity (Wildman–Crippen MR) is 69.0 cm³/mol. The standard InChI is InChI=1S/C13H14BrNO/c1-9(8-13(16)15-10-6-7-10)11-4-2-3-5-12(11)14/h2-5,8,10H,6-7H2,1H3,(H,15,16)/b9-8-. The van der Waals surface area contributed by atoms with Crippen LogP contribution in [0.3, 0.4) is 0 Å². The van der Waals surface area contributed by atoms with E-state index in [0.717, 1.165) is 28.5 Å². The Hall–Kier alpha value is -1.09. The Morgan fingerprint density at radius 2 is 2.12 bits per heavy atom. The van der Waals surface area contributed by atoms with Gasteiger partial charge in [-0.15, -0.1) is 0 Å². The fourth-order valence-corrected chi connectivity index (χ4v) is 2.12. The van der Waals surface area contributed by atoms with Crippen LogP contribution in [0.15, 0.2) is 34.8 Å². The second-order valence-electron chi connectivity index (χ2n) is 4.09. The number of hydrogen-bond acceptors (Lipinski definition) is 1. The van der Waals surface area contributed by atoms with Crippen molar-refractivity contribution in [2.24, 2.45) is 0 Å². The topological polar surface area (TPSA) is 29.1 Å². The Bertz CT molecular complexity index is 435. The van der Waals surface area contributed by atoms with Crippen molar-refractivity contribution in [3.8, 4) is 0 Å². The van der Waals surface area contributed by atoms with Crippen molar-refractivity contribution in [3.05, 3.63) is 40.4 Å². The van der Waals surface area contributed by atoms with Gasteiger partial charge in [0.2, 0.25) is 5.91 Å². The molecule has 0 aliphatic heterocycles. The van der Waals surface area contributed by atoms with Crippen molar-refractivity contribution >= 4 is 27.4 Å². The minimum atomic E-state index is 0.00996. The molecule has 2 nitrogen and oxygen atoms in total. The summed E-state index contributed by atoms with van der Waals surface area (Å²) in [4.78, 5) is 11.6. The minimum Gasteiger partial charge on any atom is -0.350 e. The molecule has 1 amide bonds. The molecule has 1 fully saturated rings. The number of carbonyl (C=O) groups excluding carboxylic acids is 1. The minimum absolute atomic E-state index is 0.00996. The number of benzene rings is 1. The zero-order valence-corrected chi connectivity index (χ0v) is 10.8. The van der Waals surface area contributed by atoms with Gasteiger partial charge in [0.05, 0.1) is 0 Å². The molecular weight excluding hydrogens is 266 g/mol. The molecule has 0 bridgehead atoms. The van der Waals surface area contributed by atoms with Crippen LogP contribution in [-0.2, 0) is 4.79 Å². The summed E-state index contributed by atoms with van der Waals surface area (Å²) in [7, 11) is 0. The molecule has 16 heavy (non-hydrogen) atoms. The van der Waals surface area contributed by atoms with Crippen molar-refractivity contribution in [1.29, 1.82) is 0 Å². The Balaban J connectivity index is 2.10. The van der Waals surface area contributed by atoms with Gasteiger partial charge in [0.1, 0.15) is 0 Å². The molecule has 0 unspecified atom stereocenters. The van der Waals surface area contributed by atoms with Crippen LogP contribution in [-0.4, -0.2) is 11.9 Å². The number of carbonyl (C=O) groups is 1. The SMILES string of the molecule is C/C(=C/C(=O)NC1CC1)c1ccccc1Br. The number of allylic oxidation sites excluding steroid dienone is 1. The Morgan fingerprint density at radius 1 is 1.44 bits per heavy atom. The van der Waals surface area contributed by atoms with Gasteiger partial charge in [0, 0.05) is 16.6 Å². The summed E-state index contributed by atoms with van der Waals surface area (Å²) in [6.45, 7) is 1.95. The van der Waals surface area contributed by atoms with Crippen LogP contribution < -0.4 is 5.32 Å². The van der Waals surface area contributed by atoms with Crippen LogP contribution in [0.2, 0.25) is 0 Å². The Morgan fingerprint density at radius 3 is 2.75 bits per heavy atom. The lowest BCUT2D eigenvalue weighted by molar-refractivity contribution is -0.116. The lowest BCUT2D eigenvalue weighted by Crippen LogP contribution is -2.23. The highest BCUT2D eigenvalue weighted by atomic mass is 79.9. The van der Waals surface area contributed by atoms with Crippen LogP contribution in [0.5, 0.6) is 0 Å². The van der Waals surface area contributed by atoms with E-state index in [2.05, 4.69) is 21.2 Å². The Labute approximate surface area is 104 Å². The van der Waals surface area contributed by atoms with E-state index in [0.29, 0.717) is 6.04 Å². The van der Waals surface area contributed by atoms with Crippen molar-refractivity contribution < 1.29 is 4.79 Å². The third kappa shape index (κ3) is 2.95. The lowest BCUT2D eigenvalue weighted by atomic mass is 10.1. The molecule has 1 aliphatic rings. The van der Waals surface area contributed by atoms with E-state index in [9.17, 15) is 4.79 Å². The summed E-state index contributed by atoms with van der Waals surface area (Å²) in [6, 6.07) is 8.32. The van der Waals surface area contributed by atoms with E-state index in [1.165, 1.54) is 0 Å². The highest BCUT2D eigenvalue weighted by Crippen LogP contribution is 2.24. The van der Waals surface area contributed by atoms with Gasteiger partial charge in [0.25, 0.3) is 0 Å². The summed E-state index contributed by atoms with van der Waals surface area (Å²) in [6.07, 6.45) is 3.90. The highest BCUT2D eigenvalue weighted by Gasteiger charge is 2.22. The fraction of sp³-hybridized carbons (Fsp3) is 0.308. The molecule has 1 aromatic carbocycles. The second-order valence-corrected chi connectivity index (χ2v) is 4.94. The van der Waals surface area contributed by atoms with Gasteiger partial charge in [-0.05, 0) is 37.0 Å². The maximum Gasteiger partial charge on any atom is 0.244 e. The number of hydrogen-bond donors (Lipinski definition) is 1. The van der Waals surface area contributed by atoms with Gasteiger partial charge in [0.15, 0.2) is 0 Å². The molecule has 1 aliphatic carbocycles. The van der Waals surface area contributed by atoms with Crippen LogP contribution >= 0.6 is 15.9 Å². The quantitative estimate of drug-likeness (QED) is 0.847. The average Bonchev–Trinajstić information content (AvgIpc) is 3.01. The molecule has 1 saturated carbocycles. The molecular formula is C13H14BrNO. The van der Waals surface area contributed by atoms with Crippen LogP contribution in [0, 0.1) is 0 Å². The molecule has 0 atom stereocenters. The van der Waals surface area contributed by atoms with Crippen LogP contribution in [0.25, 0.3) is 5.57 Å². The molecule has 0 radical (unpaired) electrons.